The number of carbonyl (C=O) groups excluding carboxylic acids is 1. The van der Waals surface area contributed by atoms with Crippen molar-refractivity contribution >= 4 is 11.8 Å². The Morgan fingerprint density at radius 1 is 1.15 bits per heavy atom. The molecule has 1 aliphatic carbocycles. The molecule has 2 aromatic carbocycles. The molecule has 1 fully saturated rings. The number of nitrogens with one attached hydrogen (secondary N) is 1. The third kappa shape index (κ3) is 4.18. The molecule has 0 spiro atoms. The number of methoxy groups -OCH3 is 1. The predicted octanol–water partition coefficient (Wildman–Crippen LogP) is 5.45. The number of benzene rings is 2. The second kappa shape index (κ2) is 8.26. The van der Waals surface area contributed by atoms with E-state index in [1.165, 1.54) is 36.6 Å². The van der Waals surface area contributed by atoms with Gasteiger partial charge in [0.15, 0.2) is 0 Å². The SMILES string of the molecule is CCc1ccc(OCc2c(NC(=O)OC)cccc2C2CC2)c(CC)c1. The van der Waals surface area contributed by atoms with Gasteiger partial charge in [-0.15, -0.1) is 0 Å². The summed E-state index contributed by atoms with van der Waals surface area (Å²) >= 11 is 0. The van der Waals surface area contributed by atoms with Crippen LogP contribution in [-0.2, 0) is 24.2 Å². The van der Waals surface area contributed by atoms with Gasteiger partial charge in [0, 0.05) is 5.56 Å². The summed E-state index contributed by atoms with van der Waals surface area (Å²) in [6.45, 7) is 4.74. The standard InChI is InChI=1S/C22H27NO3/c1-4-15-9-12-21(16(5-2)13-15)26-14-19-18(17-10-11-17)7-6-8-20(19)23-22(24)25-3/h6-9,12-13,17H,4-5,10-11,14H2,1-3H3,(H,23,24). The lowest BCUT2D eigenvalue weighted by molar-refractivity contribution is 0.187. The highest BCUT2D eigenvalue weighted by Gasteiger charge is 2.27. The van der Waals surface area contributed by atoms with E-state index in [1.54, 1.807) is 0 Å². The molecular weight excluding hydrogens is 326 g/mol. The Kier molecular flexibility index (Phi) is 5.82. The highest BCUT2D eigenvalue weighted by Crippen LogP contribution is 2.43. The van der Waals surface area contributed by atoms with Crippen LogP contribution < -0.4 is 10.1 Å². The lowest BCUT2D eigenvalue weighted by Crippen LogP contribution is -2.14. The fourth-order valence-electron chi connectivity index (χ4n) is 3.24. The monoisotopic (exact) mass is 353 g/mol. The third-order valence-electron chi connectivity index (χ3n) is 4.94. The number of ether oxygens (including phenoxy) is 2. The lowest BCUT2D eigenvalue weighted by Gasteiger charge is -2.17. The summed E-state index contributed by atoms with van der Waals surface area (Å²) in [5.41, 5.74) is 5.62. The van der Waals surface area contributed by atoms with Crippen LogP contribution in [0.15, 0.2) is 36.4 Å². The van der Waals surface area contributed by atoms with E-state index in [4.69, 9.17) is 9.47 Å². The molecule has 0 heterocycles. The number of hydrogen-bond acceptors (Lipinski definition) is 3. The Morgan fingerprint density at radius 3 is 2.62 bits per heavy atom. The first-order valence-corrected chi connectivity index (χ1v) is 9.37. The van der Waals surface area contributed by atoms with Crippen LogP contribution >= 0.6 is 0 Å². The summed E-state index contributed by atoms with van der Waals surface area (Å²) in [6.07, 6.45) is 3.88. The summed E-state index contributed by atoms with van der Waals surface area (Å²) in [4.78, 5) is 11.7. The first-order chi connectivity index (χ1) is 12.7. The van der Waals surface area contributed by atoms with Crippen molar-refractivity contribution in [1.82, 2.24) is 0 Å². The van der Waals surface area contributed by atoms with E-state index < -0.39 is 6.09 Å². The second-order valence-electron chi connectivity index (χ2n) is 6.70. The average Bonchev–Trinajstić information content (AvgIpc) is 3.51. The fourth-order valence-corrected chi connectivity index (χ4v) is 3.24. The summed E-state index contributed by atoms with van der Waals surface area (Å²) < 4.78 is 11.0. The molecular formula is C22H27NO3. The van der Waals surface area contributed by atoms with Crippen LogP contribution in [0.3, 0.4) is 0 Å². The molecule has 0 aromatic heterocycles. The van der Waals surface area contributed by atoms with Crippen LogP contribution in [0.5, 0.6) is 5.75 Å². The Bertz CT molecular complexity index is 781. The summed E-state index contributed by atoms with van der Waals surface area (Å²) in [5.74, 6) is 1.49. The van der Waals surface area contributed by atoms with Gasteiger partial charge in [0.1, 0.15) is 12.4 Å². The van der Waals surface area contributed by atoms with Crippen LogP contribution in [0.2, 0.25) is 0 Å². The Hall–Kier alpha value is -2.49. The van der Waals surface area contributed by atoms with Gasteiger partial charge in [-0.25, -0.2) is 4.79 Å². The first kappa shape index (κ1) is 18.3. The number of amides is 1. The number of anilines is 1. The van der Waals surface area contributed by atoms with Crippen LogP contribution in [0.25, 0.3) is 0 Å². The van der Waals surface area contributed by atoms with E-state index >= 15 is 0 Å². The first-order valence-electron chi connectivity index (χ1n) is 9.37. The topological polar surface area (TPSA) is 47.6 Å². The maximum absolute atomic E-state index is 11.7. The van der Waals surface area contributed by atoms with E-state index in [-0.39, 0.29) is 0 Å². The average molecular weight is 353 g/mol. The number of hydrogen-bond donors (Lipinski definition) is 1. The molecule has 0 atom stereocenters. The van der Waals surface area contributed by atoms with Crippen molar-refractivity contribution in [3.8, 4) is 5.75 Å². The van der Waals surface area contributed by atoms with Gasteiger partial charge in [-0.2, -0.15) is 0 Å². The molecule has 1 saturated carbocycles. The van der Waals surface area contributed by atoms with Gasteiger partial charge in [0.2, 0.25) is 0 Å². The van der Waals surface area contributed by atoms with Crippen molar-refractivity contribution in [2.45, 2.75) is 52.1 Å². The molecule has 3 rings (SSSR count). The number of carbonyl (C=O) groups is 1. The van der Waals surface area contributed by atoms with Gasteiger partial charge < -0.3 is 9.47 Å². The van der Waals surface area contributed by atoms with Crippen LogP contribution in [-0.4, -0.2) is 13.2 Å². The highest BCUT2D eigenvalue weighted by molar-refractivity contribution is 5.86. The van der Waals surface area contributed by atoms with Crippen molar-refractivity contribution in [3.05, 3.63) is 58.7 Å². The molecule has 0 unspecified atom stereocenters. The maximum Gasteiger partial charge on any atom is 0.411 e. The minimum absolute atomic E-state index is 0.435. The minimum Gasteiger partial charge on any atom is -0.489 e. The summed E-state index contributed by atoms with van der Waals surface area (Å²) in [7, 11) is 1.37. The molecule has 1 amide bonds. The van der Waals surface area contributed by atoms with E-state index in [9.17, 15) is 4.79 Å². The molecule has 0 aliphatic heterocycles. The van der Waals surface area contributed by atoms with Crippen molar-refractivity contribution in [2.75, 3.05) is 12.4 Å². The molecule has 138 valence electrons. The molecule has 1 N–H and O–H groups in total. The molecule has 0 radical (unpaired) electrons. The zero-order valence-corrected chi connectivity index (χ0v) is 15.8. The van der Waals surface area contributed by atoms with Gasteiger partial charge in [-0.05, 0) is 60.4 Å². The van der Waals surface area contributed by atoms with E-state index in [0.29, 0.717) is 12.5 Å². The molecule has 2 aromatic rings. The van der Waals surface area contributed by atoms with Gasteiger partial charge in [-0.1, -0.05) is 38.1 Å². The predicted molar refractivity (Wildman–Crippen MR) is 104 cm³/mol. The maximum atomic E-state index is 11.7. The molecule has 1 aliphatic rings. The lowest BCUT2D eigenvalue weighted by atomic mass is 10.0. The Balaban J connectivity index is 1.85. The molecule has 4 nitrogen and oxygen atoms in total. The Morgan fingerprint density at radius 2 is 1.96 bits per heavy atom. The molecule has 26 heavy (non-hydrogen) atoms. The normalized spacial score (nSPS) is 13.3. The Labute approximate surface area is 155 Å². The van der Waals surface area contributed by atoms with Crippen molar-refractivity contribution in [1.29, 1.82) is 0 Å². The minimum atomic E-state index is -0.458. The van der Waals surface area contributed by atoms with Crippen LogP contribution in [0.1, 0.15) is 54.9 Å². The van der Waals surface area contributed by atoms with Crippen molar-refractivity contribution in [2.24, 2.45) is 0 Å². The van der Waals surface area contributed by atoms with Gasteiger partial charge in [-0.3, -0.25) is 5.32 Å². The summed E-state index contributed by atoms with van der Waals surface area (Å²) in [6, 6.07) is 12.4. The molecule has 0 saturated heterocycles. The summed E-state index contributed by atoms with van der Waals surface area (Å²) in [5, 5.41) is 2.83. The largest absolute Gasteiger partial charge is 0.489 e. The van der Waals surface area contributed by atoms with Crippen LogP contribution in [0.4, 0.5) is 10.5 Å². The highest BCUT2D eigenvalue weighted by atomic mass is 16.5. The van der Waals surface area contributed by atoms with Crippen molar-refractivity contribution in [3.63, 3.8) is 0 Å². The fraction of sp³-hybridized carbons (Fsp3) is 0.409. The smallest absolute Gasteiger partial charge is 0.411 e. The number of aryl methyl sites for hydroxylation is 2. The third-order valence-corrected chi connectivity index (χ3v) is 4.94. The van der Waals surface area contributed by atoms with Crippen molar-refractivity contribution < 1.29 is 14.3 Å². The van der Waals surface area contributed by atoms with Gasteiger partial charge >= 0.3 is 6.09 Å². The van der Waals surface area contributed by atoms with E-state index in [2.05, 4.69) is 43.4 Å². The van der Waals surface area contributed by atoms with E-state index in [1.807, 2.05) is 12.1 Å². The van der Waals surface area contributed by atoms with E-state index in [0.717, 1.165) is 29.8 Å². The van der Waals surface area contributed by atoms with Crippen LogP contribution in [0, 0.1) is 0 Å². The zero-order chi connectivity index (χ0) is 18.5. The number of rotatable bonds is 7. The molecule has 4 heteroatoms. The van der Waals surface area contributed by atoms with Gasteiger partial charge in [0.25, 0.3) is 0 Å². The van der Waals surface area contributed by atoms with Gasteiger partial charge in [0.05, 0.1) is 12.8 Å². The molecule has 0 bridgehead atoms. The quantitative estimate of drug-likeness (QED) is 0.720. The second-order valence-corrected chi connectivity index (χ2v) is 6.70. The zero-order valence-electron chi connectivity index (χ0n) is 15.8.